The van der Waals surface area contributed by atoms with Crippen molar-refractivity contribution in [3.63, 3.8) is 0 Å². The maximum atomic E-state index is 8.91. The van der Waals surface area contributed by atoms with E-state index in [0.29, 0.717) is 0 Å². The number of aliphatic hydroxyl groups excluding tert-OH is 1. The highest BCUT2D eigenvalue weighted by Gasteiger charge is 2.34. The summed E-state index contributed by atoms with van der Waals surface area (Å²) in [6.07, 6.45) is 2.09. The predicted octanol–water partition coefficient (Wildman–Crippen LogP) is 2.61. The molecule has 0 aliphatic carbocycles. The number of aliphatic hydroxyl groups is 1. The molecule has 1 fully saturated rings. The first-order valence-corrected chi connectivity index (χ1v) is 7.16. The third-order valence-corrected chi connectivity index (χ3v) is 3.89. The highest BCUT2D eigenvalue weighted by molar-refractivity contribution is 5.18. The van der Waals surface area contributed by atoms with Crippen LogP contribution in [-0.4, -0.2) is 41.8 Å². The Balaban J connectivity index is 1.99. The van der Waals surface area contributed by atoms with Crippen molar-refractivity contribution in [2.45, 2.75) is 38.3 Å². The van der Waals surface area contributed by atoms with Gasteiger partial charge in [-0.05, 0) is 38.8 Å². The van der Waals surface area contributed by atoms with Gasteiger partial charge in [0.2, 0.25) is 0 Å². The van der Waals surface area contributed by atoms with Gasteiger partial charge >= 0.3 is 0 Å². The molecule has 0 radical (unpaired) electrons. The van der Waals surface area contributed by atoms with Gasteiger partial charge in [0.25, 0.3) is 0 Å². The van der Waals surface area contributed by atoms with Gasteiger partial charge in [0.05, 0.1) is 12.7 Å². The van der Waals surface area contributed by atoms with E-state index in [4.69, 9.17) is 9.84 Å². The Morgan fingerprint density at radius 2 is 2.00 bits per heavy atom. The first-order chi connectivity index (χ1) is 9.13. The summed E-state index contributed by atoms with van der Waals surface area (Å²) < 4.78 is 6.02. The first kappa shape index (κ1) is 14.5. The van der Waals surface area contributed by atoms with Crippen LogP contribution in [0.3, 0.4) is 0 Å². The van der Waals surface area contributed by atoms with E-state index in [-0.39, 0.29) is 18.2 Å². The standard InChI is InChI=1S/C16H25NO2/c1-16(2)13-19-15(14-8-4-3-5-9-14)12-17(16)10-6-7-11-18/h3-5,8-9,15,18H,6-7,10-13H2,1-2H3. The van der Waals surface area contributed by atoms with Crippen LogP contribution in [0.4, 0.5) is 0 Å². The van der Waals surface area contributed by atoms with Gasteiger partial charge in [-0.3, -0.25) is 4.90 Å². The third kappa shape index (κ3) is 3.78. The molecule has 0 spiro atoms. The number of nitrogens with zero attached hydrogens (tertiary/aromatic N) is 1. The SMILES string of the molecule is CC1(C)COC(c2ccccc2)CN1CCCCO. The molecule has 0 aromatic heterocycles. The fraction of sp³-hybridized carbons (Fsp3) is 0.625. The maximum Gasteiger partial charge on any atom is 0.0952 e. The molecular formula is C16H25NO2. The number of unbranched alkanes of at least 4 members (excludes halogenated alkanes) is 1. The highest BCUT2D eigenvalue weighted by atomic mass is 16.5. The van der Waals surface area contributed by atoms with Crippen molar-refractivity contribution >= 4 is 0 Å². The minimum atomic E-state index is 0.0841. The Morgan fingerprint density at radius 1 is 1.26 bits per heavy atom. The molecule has 0 saturated carbocycles. The molecule has 106 valence electrons. The summed E-state index contributed by atoms with van der Waals surface area (Å²) in [7, 11) is 0. The van der Waals surface area contributed by atoms with Crippen LogP contribution in [0.2, 0.25) is 0 Å². The fourth-order valence-corrected chi connectivity index (χ4v) is 2.57. The fourth-order valence-electron chi connectivity index (χ4n) is 2.57. The summed E-state index contributed by atoms with van der Waals surface area (Å²) in [6, 6.07) is 10.4. The molecule has 1 aromatic rings. The quantitative estimate of drug-likeness (QED) is 0.829. The van der Waals surface area contributed by atoms with E-state index in [9.17, 15) is 0 Å². The number of morpholine rings is 1. The Kier molecular flexibility index (Phi) is 4.97. The van der Waals surface area contributed by atoms with E-state index in [0.717, 1.165) is 32.5 Å². The Hall–Kier alpha value is -0.900. The van der Waals surface area contributed by atoms with Crippen LogP contribution in [-0.2, 0) is 4.74 Å². The van der Waals surface area contributed by atoms with E-state index >= 15 is 0 Å². The van der Waals surface area contributed by atoms with E-state index in [1.807, 2.05) is 6.07 Å². The molecule has 1 aromatic carbocycles. The molecule has 1 atom stereocenters. The molecule has 0 bridgehead atoms. The molecule has 1 aliphatic rings. The van der Waals surface area contributed by atoms with Crippen molar-refractivity contribution in [3.8, 4) is 0 Å². The van der Waals surface area contributed by atoms with Crippen LogP contribution in [0.15, 0.2) is 30.3 Å². The van der Waals surface area contributed by atoms with E-state index in [1.54, 1.807) is 0 Å². The second-order valence-corrected chi connectivity index (χ2v) is 5.90. The lowest BCUT2D eigenvalue weighted by Crippen LogP contribution is -2.54. The molecule has 1 aliphatic heterocycles. The topological polar surface area (TPSA) is 32.7 Å². The smallest absolute Gasteiger partial charge is 0.0952 e. The molecule has 1 heterocycles. The molecule has 1 saturated heterocycles. The minimum Gasteiger partial charge on any atom is -0.396 e. The van der Waals surface area contributed by atoms with E-state index in [2.05, 4.69) is 43.0 Å². The van der Waals surface area contributed by atoms with E-state index < -0.39 is 0 Å². The van der Waals surface area contributed by atoms with Crippen LogP contribution < -0.4 is 0 Å². The second kappa shape index (κ2) is 6.51. The average molecular weight is 263 g/mol. The van der Waals surface area contributed by atoms with Gasteiger partial charge in [0.1, 0.15) is 0 Å². The van der Waals surface area contributed by atoms with Crippen LogP contribution in [0.5, 0.6) is 0 Å². The zero-order chi connectivity index (χ0) is 13.7. The molecule has 3 heteroatoms. The van der Waals surface area contributed by atoms with Crippen molar-refractivity contribution in [3.05, 3.63) is 35.9 Å². The van der Waals surface area contributed by atoms with Crippen molar-refractivity contribution in [1.29, 1.82) is 0 Å². The van der Waals surface area contributed by atoms with Gasteiger partial charge < -0.3 is 9.84 Å². The van der Waals surface area contributed by atoms with Gasteiger partial charge in [-0.15, -0.1) is 0 Å². The third-order valence-electron chi connectivity index (χ3n) is 3.89. The van der Waals surface area contributed by atoms with Crippen molar-refractivity contribution in [2.75, 3.05) is 26.3 Å². The molecular weight excluding hydrogens is 238 g/mol. The van der Waals surface area contributed by atoms with Gasteiger partial charge in [-0.25, -0.2) is 0 Å². The van der Waals surface area contributed by atoms with Crippen LogP contribution in [0.25, 0.3) is 0 Å². The summed E-state index contributed by atoms with van der Waals surface area (Å²) >= 11 is 0. The summed E-state index contributed by atoms with van der Waals surface area (Å²) in [6.45, 7) is 7.46. The Morgan fingerprint density at radius 3 is 2.68 bits per heavy atom. The van der Waals surface area contributed by atoms with Crippen molar-refractivity contribution in [2.24, 2.45) is 0 Å². The number of ether oxygens (including phenoxy) is 1. The lowest BCUT2D eigenvalue weighted by atomic mass is 9.97. The summed E-state index contributed by atoms with van der Waals surface area (Å²) in [5.41, 5.74) is 1.34. The van der Waals surface area contributed by atoms with E-state index in [1.165, 1.54) is 5.56 Å². The zero-order valence-electron chi connectivity index (χ0n) is 12.0. The van der Waals surface area contributed by atoms with Crippen molar-refractivity contribution in [1.82, 2.24) is 4.90 Å². The highest BCUT2D eigenvalue weighted by Crippen LogP contribution is 2.30. The molecule has 2 rings (SSSR count). The van der Waals surface area contributed by atoms with Crippen LogP contribution in [0, 0.1) is 0 Å². The number of rotatable bonds is 5. The molecule has 1 unspecified atom stereocenters. The predicted molar refractivity (Wildman–Crippen MR) is 77.1 cm³/mol. The van der Waals surface area contributed by atoms with Gasteiger partial charge in [-0.1, -0.05) is 30.3 Å². The normalized spacial score (nSPS) is 23.4. The largest absolute Gasteiger partial charge is 0.396 e. The van der Waals surface area contributed by atoms with Crippen molar-refractivity contribution < 1.29 is 9.84 Å². The maximum absolute atomic E-state index is 8.91. The van der Waals surface area contributed by atoms with Crippen LogP contribution >= 0.6 is 0 Å². The average Bonchev–Trinajstić information content (AvgIpc) is 2.42. The lowest BCUT2D eigenvalue weighted by molar-refractivity contribution is -0.101. The summed E-state index contributed by atoms with van der Waals surface area (Å²) in [5, 5.41) is 8.91. The summed E-state index contributed by atoms with van der Waals surface area (Å²) in [4.78, 5) is 2.49. The Labute approximate surface area is 116 Å². The minimum absolute atomic E-state index is 0.0841. The Bertz CT molecular complexity index is 378. The second-order valence-electron chi connectivity index (χ2n) is 5.90. The van der Waals surface area contributed by atoms with Gasteiger partial charge in [-0.2, -0.15) is 0 Å². The molecule has 0 amide bonds. The molecule has 19 heavy (non-hydrogen) atoms. The van der Waals surface area contributed by atoms with Crippen LogP contribution in [0.1, 0.15) is 38.4 Å². The molecule has 3 nitrogen and oxygen atoms in total. The summed E-state index contributed by atoms with van der Waals surface area (Å²) in [5.74, 6) is 0. The number of benzene rings is 1. The monoisotopic (exact) mass is 263 g/mol. The molecule has 1 N–H and O–H groups in total. The number of hydrogen-bond donors (Lipinski definition) is 1. The van der Waals surface area contributed by atoms with Gasteiger partial charge in [0.15, 0.2) is 0 Å². The van der Waals surface area contributed by atoms with Gasteiger partial charge in [0, 0.05) is 18.7 Å². The first-order valence-electron chi connectivity index (χ1n) is 7.16. The zero-order valence-corrected chi connectivity index (χ0v) is 12.0. The number of hydrogen-bond acceptors (Lipinski definition) is 3. The lowest BCUT2D eigenvalue weighted by Gasteiger charge is -2.45.